The van der Waals surface area contributed by atoms with Crippen LogP contribution in [-0.4, -0.2) is 40.7 Å². The Morgan fingerprint density at radius 1 is 0.788 bits per heavy atom. The van der Waals surface area contributed by atoms with Gasteiger partial charge in [0, 0.05) is 12.3 Å². The Kier molecular flexibility index (Phi) is 8.18. The topological polar surface area (TPSA) is 113 Å². The van der Waals surface area contributed by atoms with E-state index in [-0.39, 0.29) is 12.8 Å². The van der Waals surface area contributed by atoms with Gasteiger partial charge in [-0.25, -0.2) is 4.79 Å². The first kappa shape index (κ1) is 23.5. The number of para-hydroxylation sites is 1. The summed E-state index contributed by atoms with van der Waals surface area (Å²) in [6.45, 7) is -0.542. The molecule has 3 aromatic rings. The molecule has 1 amide bonds. The lowest BCUT2D eigenvalue weighted by atomic mass is 9.91. The summed E-state index contributed by atoms with van der Waals surface area (Å²) >= 11 is 0. The molecular formula is C26H25NO6. The fraction of sp³-hybridized carbons (Fsp3) is 0.192. The summed E-state index contributed by atoms with van der Waals surface area (Å²) in [5.41, 5.74) is 2.90. The molecule has 1 unspecified atom stereocenters. The van der Waals surface area contributed by atoms with Crippen molar-refractivity contribution in [3.63, 3.8) is 0 Å². The van der Waals surface area contributed by atoms with E-state index in [0.717, 1.165) is 16.7 Å². The Bertz CT molecular complexity index is 1070. The summed E-state index contributed by atoms with van der Waals surface area (Å²) in [5.74, 6) is -3.33. The molecule has 7 nitrogen and oxygen atoms in total. The number of carboxylic acids is 2. The highest BCUT2D eigenvalue weighted by Crippen LogP contribution is 2.23. The number of hydrogen-bond donors (Lipinski definition) is 3. The summed E-state index contributed by atoms with van der Waals surface area (Å²) in [4.78, 5) is 35.5. The van der Waals surface area contributed by atoms with E-state index in [2.05, 4.69) is 5.32 Å². The number of carbonyl (C=O) groups is 3. The monoisotopic (exact) mass is 447 g/mol. The smallest absolute Gasteiger partial charge is 0.344 e. The summed E-state index contributed by atoms with van der Waals surface area (Å²) < 4.78 is 5.60. The quantitative estimate of drug-likeness (QED) is 0.414. The van der Waals surface area contributed by atoms with Crippen LogP contribution in [0.25, 0.3) is 11.1 Å². The summed E-state index contributed by atoms with van der Waals surface area (Å²) in [5, 5.41) is 20.9. The number of nitrogens with one attached hydrogen (secondary N) is 1. The van der Waals surface area contributed by atoms with E-state index in [4.69, 9.17) is 9.84 Å². The van der Waals surface area contributed by atoms with Gasteiger partial charge >= 0.3 is 11.9 Å². The van der Waals surface area contributed by atoms with Crippen molar-refractivity contribution in [1.29, 1.82) is 0 Å². The number of hydrogen-bond acceptors (Lipinski definition) is 4. The molecule has 0 saturated heterocycles. The number of ether oxygens (including phenoxy) is 1. The maximum Gasteiger partial charge on any atom is 0.344 e. The number of benzene rings is 3. The number of rotatable bonds is 11. The van der Waals surface area contributed by atoms with Crippen LogP contribution in [0.3, 0.4) is 0 Å². The summed E-state index contributed by atoms with van der Waals surface area (Å²) in [7, 11) is 0. The van der Waals surface area contributed by atoms with Crippen LogP contribution < -0.4 is 10.1 Å². The Hall–Kier alpha value is -4.13. The first-order valence-corrected chi connectivity index (χ1v) is 10.5. The average molecular weight is 447 g/mol. The molecule has 3 N–H and O–H groups in total. The van der Waals surface area contributed by atoms with Crippen LogP contribution in [0, 0.1) is 5.92 Å². The van der Waals surface area contributed by atoms with Crippen molar-refractivity contribution in [1.82, 2.24) is 5.32 Å². The molecule has 0 aliphatic heterocycles. The van der Waals surface area contributed by atoms with Crippen LogP contribution in [0.4, 0.5) is 0 Å². The zero-order valence-electron chi connectivity index (χ0n) is 17.9. The lowest BCUT2D eigenvalue weighted by Gasteiger charge is -2.22. The highest BCUT2D eigenvalue weighted by molar-refractivity contribution is 5.84. The second-order valence-electron chi connectivity index (χ2n) is 7.57. The molecule has 0 aliphatic rings. The van der Waals surface area contributed by atoms with Gasteiger partial charge in [-0.1, -0.05) is 72.8 Å². The van der Waals surface area contributed by atoms with Crippen molar-refractivity contribution in [3.8, 4) is 16.9 Å². The molecule has 0 spiro atoms. The molecule has 0 saturated carbocycles. The molecule has 170 valence electrons. The molecule has 2 atom stereocenters. The van der Waals surface area contributed by atoms with Gasteiger partial charge in [0.1, 0.15) is 12.3 Å². The molecule has 0 radical (unpaired) electrons. The fourth-order valence-electron chi connectivity index (χ4n) is 3.46. The number of aliphatic carboxylic acids is 2. The third-order valence-corrected chi connectivity index (χ3v) is 5.12. The zero-order valence-corrected chi connectivity index (χ0v) is 17.9. The summed E-state index contributed by atoms with van der Waals surface area (Å²) in [6, 6.07) is 26.0. The van der Waals surface area contributed by atoms with Crippen molar-refractivity contribution in [2.75, 3.05) is 6.54 Å². The van der Waals surface area contributed by atoms with E-state index in [0.29, 0.717) is 5.75 Å². The van der Waals surface area contributed by atoms with Crippen LogP contribution in [0.1, 0.15) is 12.0 Å². The van der Waals surface area contributed by atoms with Gasteiger partial charge in [0.05, 0.1) is 0 Å². The Balaban J connectivity index is 1.77. The normalized spacial score (nSPS) is 12.4. The van der Waals surface area contributed by atoms with Crippen molar-refractivity contribution >= 4 is 17.8 Å². The van der Waals surface area contributed by atoms with Crippen LogP contribution in [0.15, 0.2) is 84.9 Å². The molecule has 0 aromatic heterocycles. The SMILES string of the molecule is O=C(O)CNC(=O)[C@H](Cc1ccc(-c2ccccc2)cc1)CC(Oc1ccccc1)C(=O)O. The molecule has 3 aromatic carbocycles. The lowest BCUT2D eigenvalue weighted by molar-refractivity contribution is -0.146. The van der Waals surface area contributed by atoms with Gasteiger partial charge < -0.3 is 20.3 Å². The average Bonchev–Trinajstić information content (AvgIpc) is 2.83. The van der Waals surface area contributed by atoms with Gasteiger partial charge in [-0.2, -0.15) is 0 Å². The predicted octanol–water partition coefficient (Wildman–Crippen LogP) is 3.64. The minimum atomic E-state index is -1.27. The van der Waals surface area contributed by atoms with Crippen LogP contribution in [0.2, 0.25) is 0 Å². The van der Waals surface area contributed by atoms with Gasteiger partial charge in [0.15, 0.2) is 6.10 Å². The fourth-order valence-corrected chi connectivity index (χ4v) is 3.46. The van der Waals surface area contributed by atoms with E-state index in [1.807, 2.05) is 54.6 Å². The summed E-state index contributed by atoms with van der Waals surface area (Å²) in [6.07, 6.45) is -1.14. The zero-order chi connectivity index (χ0) is 23.6. The molecule has 0 fully saturated rings. The molecule has 33 heavy (non-hydrogen) atoms. The van der Waals surface area contributed by atoms with Crippen molar-refractivity contribution in [2.24, 2.45) is 5.92 Å². The second kappa shape index (κ2) is 11.5. The predicted molar refractivity (Wildman–Crippen MR) is 123 cm³/mol. The Morgan fingerprint density at radius 2 is 1.36 bits per heavy atom. The lowest BCUT2D eigenvalue weighted by Crippen LogP contribution is -2.39. The van der Waals surface area contributed by atoms with Crippen molar-refractivity contribution in [2.45, 2.75) is 18.9 Å². The number of carboxylic acid groups (broad SMARTS) is 2. The van der Waals surface area contributed by atoms with E-state index in [1.165, 1.54) is 0 Å². The van der Waals surface area contributed by atoms with Gasteiger partial charge in [0.2, 0.25) is 5.91 Å². The van der Waals surface area contributed by atoms with Gasteiger partial charge in [-0.15, -0.1) is 0 Å². The van der Waals surface area contributed by atoms with E-state index in [9.17, 15) is 19.5 Å². The minimum Gasteiger partial charge on any atom is -0.480 e. The number of carbonyl (C=O) groups excluding carboxylic acids is 1. The highest BCUT2D eigenvalue weighted by Gasteiger charge is 2.29. The highest BCUT2D eigenvalue weighted by atomic mass is 16.5. The second-order valence-corrected chi connectivity index (χ2v) is 7.57. The maximum absolute atomic E-state index is 12.7. The molecule has 0 bridgehead atoms. The van der Waals surface area contributed by atoms with Crippen LogP contribution >= 0.6 is 0 Å². The minimum absolute atomic E-state index is 0.115. The molecule has 7 heteroatoms. The Labute approximate surface area is 191 Å². The third-order valence-electron chi connectivity index (χ3n) is 5.12. The van der Waals surface area contributed by atoms with E-state index >= 15 is 0 Å². The van der Waals surface area contributed by atoms with E-state index < -0.39 is 36.4 Å². The van der Waals surface area contributed by atoms with Crippen molar-refractivity contribution < 1.29 is 29.3 Å². The number of amides is 1. The third kappa shape index (κ3) is 7.21. The van der Waals surface area contributed by atoms with Crippen molar-refractivity contribution in [3.05, 3.63) is 90.5 Å². The van der Waals surface area contributed by atoms with Gasteiger partial charge in [-0.05, 0) is 35.2 Å². The van der Waals surface area contributed by atoms with Gasteiger partial charge in [0.25, 0.3) is 0 Å². The van der Waals surface area contributed by atoms with Crippen LogP contribution in [-0.2, 0) is 20.8 Å². The molecule has 3 rings (SSSR count). The largest absolute Gasteiger partial charge is 0.480 e. The Morgan fingerprint density at radius 3 is 1.94 bits per heavy atom. The van der Waals surface area contributed by atoms with Crippen LogP contribution in [0.5, 0.6) is 5.75 Å². The molecule has 0 heterocycles. The van der Waals surface area contributed by atoms with Gasteiger partial charge in [-0.3, -0.25) is 9.59 Å². The first-order valence-electron chi connectivity index (χ1n) is 10.5. The standard InChI is InChI=1S/C26H25NO6/c28-24(29)17-27-25(30)21(16-23(26(31)32)33-22-9-5-2-6-10-22)15-18-11-13-20(14-12-18)19-7-3-1-4-8-19/h1-14,21,23H,15-17H2,(H,27,30)(H,28,29)(H,31,32)/t21-,23?/m1/s1. The van der Waals surface area contributed by atoms with E-state index in [1.54, 1.807) is 30.3 Å². The first-order chi connectivity index (χ1) is 15.9. The maximum atomic E-state index is 12.7. The molecular weight excluding hydrogens is 422 g/mol. The molecule has 0 aliphatic carbocycles.